The van der Waals surface area contributed by atoms with Crippen LogP contribution in [0.15, 0.2) is 54.7 Å². The van der Waals surface area contributed by atoms with Crippen LogP contribution in [0.2, 0.25) is 0 Å². The fourth-order valence-corrected chi connectivity index (χ4v) is 5.48. The molecule has 0 bridgehead atoms. The second kappa shape index (κ2) is 7.53. The van der Waals surface area contributed by atoms with Crippen molar-refractivity contribution in [2.75, 3.05) is 17.6 Å². The molecule has 3 aromatic rings. The minimum Gasteiger partial charge on any atom is -0.361 e. The van der Waals surface area contributed by atoms with Gasteiger partial charge < -0.3 is 20.5 Å². The van der Waals surface area contributed by atoms with Gasteiger partial charge in [0.15, 0.2) is 0 Å². The number of hydrogen-bond acceptors (Lipinski definition) is 4. The minimum absolute atomic E-state index is 0.0985. The number of carbonyl (C=O) groups excluding carboxylic acids is 3. The number of amides is 3. The third-order valence-electron chi connectivity index (χ3n) is 5.48. The van der Waals surface area contributed by atoms with Crippen LogP contribution >= 0.6 is 11.8 Å². The molecule has 0 spiro atoms. The molecule has 7 nitrogen and oxygen atoms in total. The molecule has 1 fully saturated rings. The molecule has 8 heteroatoms. The van der Waals surface area contributed by atoms with Crippen molar-refractivity contribution in [1.29, 1.82) is 0 Å². The number of hydrogen-bond donors (Lipinski definition) is 3. The summed E-state index contributed by atoms with van der Waals surface area (Å²) in [4.78, 5) is 42.4. The van der Waals surface area contributed by atoms with Gasteiger partial charge in [-0.1, -0.05) is 18.2 Å². The molecule has 1 aromatic heterocycles. The van der Waals surface area contributed by atoms with Gasteiger partial charge in [0, 0.05) is 47.1 Å². The molecule has 3 amide bonds. The molecule has 2 aliphatic heterocycles. The van der Waals surface area contributed by atoms with Crippen molar-refractivity contribution in [2.24, 2.45) is 0 Å². The minimum atomic E-state index is -0.515. The maximum atomic E-state index is 12.7. The highest BCUT2D eigenvalue weighted by molar-refractivity contribution is 7.99. The van der Waals surface area contributed by atoms with E-state index in [0.29, 0.717) is 17.0 Å². The van der Waals surface area contributed by atoms with E-state index in [1.54, 1.807) is 22.7 Å². The quantitative estimate of drug-likeness (QED) is 0.592. The van der Waals surface area contributed by atoms with Gasteiger partial charge in [0.05, 0.1) is 0 Å². The normalized spacial score (nSPS) is 19.6. The monoisotopic (exact) mass is 420 g/mol. The molecule has 2 atom stereocenters. The van der Waals surface area contributed by atoms with Crippen LogP contribution in [-0.4, -0.2) is 45.9 Å². The van der Waals surface area contributed by atoms with E-state index in [1.807, 2.05) is 48.7 Å². The first-order valence-electron chi connectivity index (χ1n) is 9.80. The van der Waals surface area contributed by atoms with E-state index < -0.39 is 6.04 Å². The standard InChI is InChI=1S/C22H20N4O3S/c27-19(25-14-5-6-17-13(11-14)7-9-23-17)8-10-24-20(28)18-12-30-22-16-4-2-1-3-15(16)21(29)26(18)22/h1-7,9,11,18,22-23H,8,10,12H2,(H,24,28)(H,25,27). The van der Waals surface area contributed by atoms with Gasteiger partial charge in [0.1, 0.15) is 11.4 Å². The van der Waals surface area contributed by atoms with E-state index in [1.165, 1.54) is 0 Å². The number of nitrogens with one attached hydrogen (secondary N) is 3. The number of fused-ring (bicyclic) bond motifs is 4. The summed E-state index contributed by atoms with van der Waals surface area (Å²) in [5, 5.41) is 6.58. The second-order valence-electron chi connectivity index (χ2n) is 7.37. The van der Waals surface area contributed by atoms with Gasteiger partial charge in [-0.05, 0) is 35.9 Å². The number of nitrogens with zero attached hydrogens (tertiary/aromatic N) is 1. The summed E-state index contributed by atoms with van der Waals surface area (Å²) in [5.74, 6) is 0.0688. The van der Waals surface area contributed by atoms with E-state index in [2.05, 4.69) is 15.6 Å². The summed E-state index contributed by atoms with van der Waals surface area (Å²) < 4.78 is 0. The molecule has 30 heavy (non-hydrogen) atoms. The summed E-state index contributed by atoms with van der Waals surface area (Å²) in [6.07, 6.45) is 2.01. The van der Waals surface area contributed by atoms with Gasteiger partial charge in [-0.25, -0.2) is 0 Å². The van der Waals surface area contributed by atoms with Crippen molar-refractivity contribution in [3.63, 3.8) is 0 Å². The Labute approximate surface area is 177 Å². The smallest absolute Gasteiger partial charge is 0.256 e. The number of rotatable bonds is 5. The lowest BCUT2D eigenvalue weighted by Crippen LogP contribution is -2.46. The molecule has 3 N–H and O–H groups in total. The van der Waals surface area contributed by atoms with Gasteiger partial charge >= 0.3 is 0 Å². The zero-order valence-corrected chi connectivity index (χ0v) is 16.9. The van der Waals surface area contributed by atoms with Gasteiger partial charge in [-0.2, -0.15) is 0 Å². The Balaban J connectivity index is 1.15. The first kappa shape index (κ1) is 18.7. The summed E-state index contributed by atoms with van der Waals surface area (Å²) in [5.41, 5.74) is 3.37. The lowest BCUT2D eigenvalue weighted by Gasteiger charge is -2.22. The van der Waals surface area contributed by atoms with Crippen molar-refractivity contribution < 1.29 is 14.4 Å². The van der Waals surface area contributed by atoms with Crippen molar-refractivity contribution >= 4 is 46.1 Å². The third-order valence-corrected chi connectivity index (χ3v) is 6.79. The third kappa shape index (κ3) is 3.23. The predicted octanol–water partition coefficient (Wildman–Crippen LogP) is 2.88. The van der Waals surface area contributed by atoms with E-state index in [0.717, 1.165) is 16.5 Å². The Bertz CT molecular complexity index is 1160. The van der Waals surface area contributed by atoms with Crippen LogP contribution in [0, 0.1) is 0 Å². The highest BCUT2D eigenvalue weighted by Gasteiger charge is 2.48. The Morgan fingerprint density at radius 1 is 1.17 bits per heavy atom. The molecule has 0 radical (unpaired) electrons. The fourth-order valence-electron chi connectivity index (χ4n) is 4.01. The van der Waals surface area contributed by atoms with Crippen molar-refractivity contribution in [3.05, 3.63) is 65.9 Å². The molecule has 152 valence electrons. The number of aromatic amines is 1. The fraction of sp³-hybridized carbons (Fsp3) is 0.227. The molecule has 0 aliphatic carbocycles. The Morgan fingerprint density at radius 3 is 2.93 bits per heavy atom. The number of thioether (sulfide) groups is 1. The summed E-state index contributed by atoms with van der Waals surface area (Å²) in [6.45, 7) is 0.220. The second-order valence-corrected chi connectivity index (χ2v) is 8.48. The SMILES string of the molecule is O=C(CCNC(=O)C1CSC2c3ccccc3C(=O)N12)Nc1ccc2[nH]ccc2c1. The van der Waals surface area contributed by atoms with Crippen molar-refractivity contribution in [2.45, 2.75) is 17.8 Å². The summed E-state index contributed by atoms with van der Waals surface area (Å²) in [6, 6.07) is 14.6. The average molecular weight is 420 g/mol. The zero-order chi connectivity index (χ0) is 20.7. The zero-order valence-electron chi connectivity index (χ0n) is 16.1. The molecular formula is C22H20N4O3S. The van der Waals surface area contributed by atoms with Gasteiger partial charge in [0.2, 0.25) is 11.8 Å². The molecule has 1 saturated heterocycles. The topological polar surface area (TPSA) is 94.3 Å². The maximum absolute atomic E-state index is 12.7. The number of benzene rings is 2. The van der Waals surface area contributed by atoms with Crippen LogP contribution in [0.3, 0.4) is 0 Å². The van der Waals surface area contributed by atoms with Crippen molar-refractivity contribution in [1.82, 2.24) is 15.2 Å². The molecule has 5 rings (SSSR count). The average Bonchev–Trinajstić information content (AvgIpc) is 3.45. The molecule has 0 saturated carbocycles. The Hall–Kier alpha value is -3.26. The first-order chi connectivity index (χ1) is 14.6. The summed E-state index contributed by atoms with van der Waals surface area (Å²) in [7, 11) is 0. The Morgan fingerprint density at radius 2 is 2.03 bits per heavy atom. The maximum Gasteiger partial charge on any atom is 0.256 e. The van der Waals surface area contributed by atoms with E-state index in [4.69, 9.17) is 0 Å². The van der Waals surface area contributed by atoms with Crippen LogP contribution in [0.1, 0.15) is 27.7 Å². The summed E-state index contributed by atoms with van der Waals surface area (Å²) >= 11 is 1.60. The van der Waals surface area contributed by atoms with E-state index in [9.17, 15) is 14.4 Å². The molecule has 2 unspecified atom stereocenters. The number of carbonyl (C=O) groups is 3. The van der Waals surface area contributed by atoms with Gasteiger partial charge in [0.25, 0.3) is 5.91 Å². The first-order valence-corrected chi connectivity index (χ1v) is 10.8. The van der Waals surface area contributed by atoms with Gasteiger partial charge in [-0.15, -0.1) is 11.8 Å². The Kier molecular flexibility index (Phi) is 4.71. The largest absolute Gasteiger partial charge is 0.361 e. The lowest BCUT2D eigenvalue weighted by atomic mass is 10.1. The van der Waals surface area contributed by atoms with E-state index >= 15 is 0 Å². The molecule has 2 aromatic carbocycles. The van der Waals surface area contributed by atoms with Gasteiger partial charge in [-0.3, -0.25) is 14.4 Å². The highest BCUT2D eigenvalue weighted by Crippen LogP contribution is 2.47. The number of anilines is 1. The van der Waals surface area contributed by atoms with E-state index in [-0.39, 0.29) is 36.1 Å². The van der Waals surface area contributed by atoms with Crippen LogP contribution in [0.5, 0.6) is 0 Å². The molecular weight excluding hydrogens is 400 g/mol. The highest BCUT2D eigenvalue weighted by atomic mass is 32.2. The molecule has 3 heterocycles. The van der Waals surface area contributed by atoms with Crippen LogP contribution in [-0.2, 0) is 9.59 Å². The van der Waals surface area contributed by atoms with Crippen LogP contribution < -0.4 is 10.6 Å². The van der Waals surface area contributed by atoms with Crippen molar-refractivity contribution in [3.8, 4) is 0 Å². The van der Waals surface area contributed by atoms with Crippen LogP contribution in [0.25, 0.3) is 10.9 Å². The number of aromatic nitrogens is 1. The van der Waals surface area contributed by atoms with Crippen LogP contribution in [0.4, 0.5) is 5.69 Å². The molecule has 2 aliphatic rings. The predicted molar refractivity (Wildman–Crippen MR) is 116 cm³/mol. The number of H-pyrrole nitrogens is 1. The lowest BCUT2D eigenvalue weighted by molar-refractivity contribution is -0.124.